The zero-order valence-electron chi connectivity index (χ0n) is 9.41. The van der Waals surface area contributed by atoms with E-state index >= 15 is 0 Å². The number of nitrogens with two attached hydrogens (primary N) is 1. The maximum atomic E-state index is 9.09. The highest BCUT2D eigenvalue weighted by atomic mass is 35.5. The fourth-order valence-electron chi connectivity index (χ4n) is 2.00. The van der Waals surface area contributed by atoms with Crippen molar-refractivity contribution in [3.8, 4) is 0 Å². The molecule has 1 fully saturated rings. The predicted octanol–water partition coefficient (Wildman–Crippen LogP) is 2.19. The average Bonchev–Trinajstić information content (AvgIpc) is 3.04. The van der Waals surface area contributed by atoms with Gasteiger partial charge in [0, 0.05) is 18.3 Å². The lowest BCUT2D eigenvalue weighted by Crippen LogP contribution is -2.29. The topological polar surface area (TPSA) is 49.5 Å². The number of aliphatic hydroxyl groups excluding tert-OH is 1. The standard InChI is InChI=1S/C12H17ClN2O/c1-8-6-11(14)10(13)7-12(8)15(4-5-16)9-2-3-9/h6-7,9,16H,2-5,14H2,1H3. The Balaban J connectivity index is 2.32. The smallest absolute Gasteiger partial charge is 0.0656 e. The Hall–Kier alpha value is -0.930. The molecule has 1 aliphatic rings. The first kappa shape index (κ1) is 11.6. The molecule has 0 heterocycles. The number of hydrogen-bond donors (Lipinski definition) is 2. The van der Waals surface area contributed by atoms with E-state index in [4.69, 9.17) is 22.4 Å². The second kappa shape index (κ2) is 4.52. The molecule has 0 spiro atoms. The van der Waals surface area contributed by atoms with Gasteiger partial charge in [-0.25, -0.2) is 0 Å². The minimum Gasteiger partial charge on any atom is -0.398 e. The number of hydrogen-bond acceptors (Lipinski definition) is 3. The lowest BCUT2D eigenvalue weighted by atomic mass is 10.1. The van der Waals surface area contributed by atoms with Crippen molar-refractivity contribution in [2.24, 2.45) is 0 Å². The molecule has 0 aromatic heterocycles. The van der Waals surface area contributed by atoms with Gasteiger partial charge in [0.2, 0.25) is 0 Å². The number of aliphatic hydroxyl groups is 1. The predicted molar refractivity (Wildman–Crippen MR) is 68.1 cm³/mol. The summed E-state index contributed by atoms with van der Waals surface area (Å²) in [5.74, 6) is 0. The largest absolute Gasteiger partial charge is 0.398 e. The van der Waals surface area contributed by atoms with Gasteiger partial charge in [0.05, 0.1) is 17.3 Å². The van der Waals surface area contributed by atoms with E-state index < -0.39 is 0 Å². The minimum absolute atomic E-state index is 0.165. The number of rotatable bonds is 4. The van der Waals surface area contributed by atoms with Crippen LogP contribution >= 0.6 is 11.6 Å². The Kier molecular flexibility index (Phi) is 3.26. The molecule has 88 valence electrons. The first-order valence-corrected chi connectivity index (χ1v) is 5.94. The van der Waals surface area contributed by atoms with Crippen LogP contribution in [0.25, 0.3) is 0 Å². The van der Waals surface area contributed by atoms with Gasteiger partial charge in [-0.05, 0) is 37.5 Å². The number of halogens is 1. The lowest BCUT2D eigenvalue weighted by molar-refractivity contribution is 0.301. The molecule has 1 aromatic carbocycles. The van der Waals surface area contributed by atoms with Crippen molar-refractivity contribution in [2.45, 2.75) is 25.8 Å². The summed E-state index contributed by atoms with van der Waals surface area (Å²) >= 11 is 6.04. The molecule has 1 aromatic rings. The summed E-state index contributed by atoms with van der Waals surface area (Å²) < 4.78 is 0. The van der Waals surface area contributed by atoms with Crippen LogP contribution in [0.3, 0.4) is 0 Å². The van der Waals surface area contributed by atoms with Gasteiger partial charge in [-0.15, -0.1) is 0 Å². The Labute approximate surface area is 101 Å². The molecule has 1 aliphatic carbocycles. The fraction of sp³-hybridized carbons (Fsp3) is 0.500. The summed E-state index contributed by atoms with van der Waals surface area (Å²) in [6.07, 6.45) is 2.39. The number of benzene rings is 1. The molecule has 0 aliphatic heterocycles. The zero-order chi connectivity index (χ0) is 11.7. The second-order valence-electron chi connectivity index (χ2n) is 4.31. The highest BCUT2D eigenvalue weighted by molar-refractivity contribution is 6.33. The van der Waals surface area contributed by atoms with Crippen LogP contribution in [0.2, 0.25) is 5.02 Å². The molecular formula is C12H17ClN2O. The van der Waals surface area contributed by atoms with E-state index in [1.54, 1.807) is 0 Å². The van der Waals surface area contributed by atoms with Crippen LogP contribution in [0.4, 0.5) is 11.4 Å². The van der Waals surface area contributed by atoms with Crippen LogP contribution in [0.15, 0.2) is 12.1 Å². The highest BCUT2D eigenvalue weighted by Crippen LogP contribution is 2.36. The van der Waals surface area contributed by atoms with Crippen LogP contribution < -0.4 is 10.6 Å². The summed E-state index contributed by atoms with van der Waals surface area (Å²) in [7, 11) is 0. The third kappa shape index (κ3) is 2.25. The van der Waals surface area contributed by atoms with E-state index in [1.807, 2.05) is 19.1 Å². The first-order valence-electron chi connectivity index (χ1n) is 5.56. The van der Waals surface area contributed by atoms with Gasteiger partial charge in [-0.3, -0.25) is 0 Å². The molecule has 3 nitrogen and oxygen atoms in total. The second-order valence-corrected chi connectivity index (χ2v) is 4.72. The summed E-state index contributed by atoms with van der Waals surface area (Å²) in [4.78, 5) is 2.22. The molecule has 2 rings (SSSR count). The third-order valence-corrected chi connectivity index (χ3v) is 3.28. The van der Waals surface area contributed by atoms with Crippen molar-refractivity contribution in [3.05, 3.63) is 22.7 Å². The fourth-order valence-corrected chi connectivity index (χ4v) is 2.15. The Bertz CT molecular complexity index is 391. The van der Waals surface area contributed by atoms with Gasteiger partial charge in [0.25, 0.3) is 0 Å². The minimum atomic E-state index is 0.165. The van der Waals surface area contributed by atoms with Crippen LogP contribution in [-0.2, 0) is 0 Å². The van der Waals surface area contributed by atoms with Crippen LogP contribution in [0.5, 0.6) is 0 Å². The van der Waals surface area contributed by atoms with E-state index in [-0.39, 0.29) is 6.61 Å². The quantitative estimate of drug-likeness (QED) is 0.794. The molecule has 1 saturated carbocycles. The van der Waals surface area contributed by atoms with Crippen molar-refractivity contribution >= 4 is 23.0 Å². The Morgan fingerprint density at radius 3 is 2.75 bits per heavy atom. The molecule has 0 radical (unpaired) electrons. The van der Waals surface area contributed by atoms with E-state index in [9.17, 15) is 0 Å². The monoisotopic (exact) mass is 240 g/mol. The van der Waals surface area contributed by atoms with Gasteiger partial charge in [-0.1, -0.05) is 11.6 Å². The number of anilines is 2. The summed E-state index contributed by atoms with van der Waals surface area (Å²) in [6, 6.07) is 4.36. The Morgan fingerprint density at radius 2 is 2.19 bits per heavy atom. The SMILES string of the molecule is Cc1cc(N)c(Cl)cc1N(CCO)C1CC1. The zero-order valence-corrected chi connectivity index (χ0v) is 10.2. The average molecular weight is 241 g/mol. The van der Waals surface area contributed by atoms with E-state index in [1.165, 1.54) is 12.8 Å². The van der Waals surface area contributed by atoms with Gasteiger partial charge in [0.15, 0.2) is 0 Å². The summed E-state index contributed by atoms with van der Waals surface area (Å²) in [5.41, 5.74) is 8.58. The molecular weight excluding hydrogens is 224 g/mol. The molecule has 0 atom stereocenters. The van der Waals surface area contributed by atoms with E-state index in [0.29, 0.717) is 23.3 Å². The third-order valence-electron chi connectivity index (χ3n) is 2.95. The molecule has 0 saturated heterocycles. The number of nitrogens with zero attached hydrogens (tertiary/aromatic N) is 1. The van der Waals surface area contributed by atoms with Crippen molar-refractivity contribution in [2.75, 3.05) is 23.8 Å². The van der Waals surface area contributed by atoms with Gasteiger partial charge < -0.3 is 15.7 Å². The van der Waals surface area contributed by atoms with Crippen LogP contribution in [-0.4, -0.2) is 24.3 Å². The maximum absolute atomic E-state index is 9.09. The molecule has 0 bridgehead atoms. The Morgan fingerprint density at radius 1 is 1.50 bits per heavy atom. The van der Waals surface area contributed by atoms with Gasteiger partial charge in [0.1, 0.15) is 0 Å². The van der Waals surface area contributed by atoms with Crippen LogP contribution in [0, 0.1) is 6.92 Å². The molecule has 3 N–H and O–H groups in total. The van der Waals surface area contributed by atoms with E-state index in [2.05, 4.69) is 4.90 Å². The van der Waals surface area contributed by atoms with Crippen molar-refractivity contribution in [1.29, 1.82) is 0 Å². The van der Waals surface area contributed by atoms with Crippen molar-refractivity contribution in [3.63, 3.8) is 0 Å². The van der Waals surface area contributed by atoms with Crippen molar-refractivity contribution in [1.82, 2.24) is 0 Å². The molecule has 0 amide bonds. The van der Waals surface area contributed by atoms with Gasteiger partial charge in [-0.2, -0.15) is 0 Å². The van der Waals surface area contributed by atoms with Crippen LogP contribution in [0.1, 0.15) is 18.4 Å². The highest BCUT2D eigenvalue weighted by Gasteiger charge is 2.29. The number of aryl methyl sites for hydroxylation is 1. The normalized spacial score (nSPS) is 15.2. The molecule has 0 unspecified atom stereocenters. The maximum Gasteiger partial charge on any atom is 0.0656 e. The first-order chi connectivity index (χ1) is 7.63. The van der Waals surface area contributed by atoms with Crippen molar-refractivity contribution < 1.29 is 5.11 Å². The summed E-state index contributed by atoms with van der Waals surface area (Å²) in [6.45, 7) is 2.85. The molecule has 16 heavy (non-hydrogen) atoms. The van der Waals surface area contributed by atoms with Gasteiger partial charge >= 0.3 is 0 Å². The lowest BCUT2D eigenvalue weighted by Gasteiger charge is -2.26. The number of nitrogen functional groups attached to an aromatic ring is 1. The van der Waals surface area contributed by atoms with E-state index in [0.717, 1.165) is 11.3 Å². The molecule has 4 heteroatoms. The summed E-state index contributed by atoms with van der Waals surface area (Å²) in [5, 5.41) is 9.68.